The van der Waals surface area contributed by atoms with Gasteiger partial charge in [0.2, 0.25) is 12.2 Å². The molecule has 34 heavy (non-hydrogen) atoms. The number of nitrogens with two attached hydrogens (primary N) is 1. The van der Waals surface area contributed by atoms with E-state index < -0.39 is 23.3 Å². The lowest BCUT2D eigenvalue weighted by Gasteiger charge is -2.39. The van der Waals surface area contributed by atoms with E-state index in [1.165, 1.54) is 23.2 Å². The number of nitrogens with zero attached hydrogens (tertiary/aromatic N) is 3. The summed E-state index contributed by atoms with van der Waals surface area (Å²) < 4.78 is 5.38. The third-order valence-corrected chi connectivity index (χ3v) is 6.63. The first-order valence-corrected chi connectivity index (χ1v) is 12.1. The molecule has 1 amide bonds. The molecule has 0 spiro atoms. The molecule has 1 radical (unpaired) electrons. The maximum absolute atomic E-state index is 13.7. The highest BCUT2D eigenvalue weighted by atomic mass is 32.1. The molecule has 2 heterocycles. The Labute approximate surface area is 202 Å². The number of aromatic nitrogens is 1. The van der Waals surface area contributed by atoms with E-state index in [1.54, 1.807) is 10.9 Å². The maximum Gasteiger partial charge on any atom is 0.243 e. The van der Waals surface area contributed by atoms with Gasteiger partial charge in [-0.15, -0.1) is 11.3 Å². The quantitative estimate of drug-likeness (QED) is 0.468. The van der Waals surface area contributed by atoms with E-state index >= 15 is 0 Å². The Bertz CT molecular complexity index is 1160. The molecule has 0 saturated carbocycles. The molecule has 3 aromatic rings. The first-order valence-electron chi connectivity index (χ1n) is 11.1. The number of thiazole rings is 1. The zero-order valence-electron chi connectivity index (χ0n) is 19.0. The summed E-state index contributed by atoms with van der Waals surface area (Å²) in [5.74, 6) is -0.759. The van der Waals surface area contributed by atoms with Crippen LogP contribution in [0, 0.1) is 0 Å². The lowest BCUT2D eigenvalue weighted by Crippen LogP contribution is -2.65. The lowest BCUT2D eigenvalue weighted by atomic mass is 9.82. The molecule has 1 aliphatic heterocycles. The average Bonchev–Trinajstić information content (AvgIpc) is 3.38. The van der Waals surface area contributed by atoms with Crippen LogP contribution in [0.2, 0.25) is 0 Å². The number of hydrogen-bond donors (Lipinski definition) is 1. The predicted molar refractivity (Wildman–Crippen MR) is 132 cm³/mol. The molecule has 0 unspecified atom stereocenters. The number of hydrogen-bond acceptors (Lipinski definition) is 8. The monoisotopic (exact) mass is 479 g/mol. The van der Waals surface area contributed by atoms with Crippen molar-refractivity contribution >= 4 is 45.9 Å². The fourth-order valence-electron chi connectivity index (χ4n) is 4.38. The van der Waals surface area contributed by atoms with E-state index in [0.29, 0.717) is 26.3 Å². The molecular weight excluding hydrogens is 452 g/mol. The number of morpholine rings is 1. The van der Waals surface area contributed by atoms with Crippen molar-refractivity contribution in [2.45, 2.75) is 24.9 Å². The van der Waals surface area contributed by atoms with E-state index in [4.69, 9.17) is 10.5 Å². The van der Waals surface area contributed by atoms with Gasteiger partial charge in [-0.25, -0.2) is 4.98 Å². The molecule has 177 valence electrons. The number of carbonyl (C=O) groups is 2. The highest BCUT2D eigenvalue weighted by Crippen LogP contribution is 2.31. The Morgan fingerprint density at radius 2 is 1.97 bits per heavy atom. The number of anilines is 1. The van der Waals surface area contributed by atoms with Crippen LogP contribution < -0.4 is 10.6 Å². The highest BCUT2D eigenvalue weighted by molar-refractivity contribution is 7.07. The van der Waals surface area contributed by atoms with Gasteiger partial charge in [-0.1, -0.05) is 42.5 Å². The van der Waals surface area contributed by atoms with Gasteiger partial charge in [-0.3, -0.25) is 24.2 Å². The van der Waals surface area contributed by atoms with Crippen molar-refractivity contribution in [3.05, 3.63) is 58.9 Å². The Kier molecular flexibility index (Phi) is 7.47. The number of fused-ring (bicyclic) bond motifs is 1. The minimum absolute atomic E-state index is 0.0199. The zero-order valence-corrected chi connectivity index (χ0v) is 19.8. The summed E-state index contributed by atoms with van der Waals surface area (Å²) in [7, 11) is 0. The van der Waals surface area contributed by atoms with Gasteiger partial charge in [0.15, 0.2) is 11.3 Å². The van der Waals surface area contributed by atoms with Crippen LogP contribution in [0.5, 0.6) is 0 Å². The van der Waals surface area contributed by atoms with Crippen LogP contribution in [0.4, 0.5) is 5.82 Å². The Morgan fingerprint density at radius 1 is 1.24 bits per heavy atom. The number of benzene rings is 2. The summed E-state index contributed by atoms with van der Waals surface area (Å²) in [6, 6.07) is 12.4. The van der Waals surface area contributed by atoms with Gasteiger partial charge in [0.05, 0.1) is 31.3 Å². The molecular formula is C25H27N4O4S. The average molecular weight is 480 g/mol. The number of amides is 1. The number of ether oxygens (including phenoxy) is 1. The SMILES string of the molecule is C[C@H](N)C(=O)[C@@]([C]=O)(Cc1cccc2ccccc12)N(C(=O)CN1CCOCC1)c1cscn1. The number of Topliss-reactive ketones (excluding diaryl/α,β-unsaturated/α-hetero) is 1. The zero-order chi connectivity index (χ0) is 24.1. The topological polar surface area (TPSA) is 106 Å². The van der Waals surface area contributed by atoms with Crippen molar-refractivity contribution in [2.24, 2.45) is 5.73 Å². The van der Waals surface area contributed by atoms with Crippen LogP contribution in [0.15, 0.2) is 53.4 Å². The lowest BCUT2D eigenvalue weighted by molar-refractivity contribution is -0.128. The van der Waals surface area contributed by atoms with E-state index in [9.17, 15) is 14.4 Å². The molecule has 0 aliphatic carbocycles. The van der Waals surface area contributed by atoms with Gasteiger partial charge >= 0.3 is 0 Å². The van der Waals surface area contributed by atoms with Gasteiger partial charge in [0, 0.05) is 24.9 Å². The first-order chi connectivity index (χ1) is 16.5. The second-order valence-electron chi connectivity index (χ2n) is 8.39. The normalized spacial score (nSPS) is 17.1. The summed E-state index contributed by atoms with van der Waals surface area (Å²) in [6.45, 7) is 3.74. The number of ketones is 1. The van der Waals surface area contributed by atoms with Crippen LogP contribution in [0.1, 0.15) is 12.5 Å². The molecule has 0 bridgehead atoms. The molecule has 4 rings (SSSR count). The van der Waals surface area contributed by atoms with Crippen molar-refractivity contribution in [3.63, 3.8) is 0 Å². The van der Waals surface area contributed by atoms with Crippen LogP contribution in [0.3, 0.4) is 0 Å². The third-order valence-electron chi connectivity index (χ3n) is 6.06. The first kappa shape index (κ1) is 24.2. The van der Waals surface area contributed by atoms with Gasteiger partial charge in [0.25, 0.3) is 0 Å². The Morgan fingerprint density at radius 3 is 2.65 bits per heavy atom. The largest absolute Gasteiger partial charge is 0.379 e. The predicted octanol–water partition coefficient (Wildman–Crippen LogP) is 1.97. The van der Waals surface area contributed by atoms with E-state index in [2.05, 4.69) is 4.98 Å². The second kappa shape index (κ2) is 10.5. The van der Waals surface area contributed by atoms with Crippen molar-refractivity contribution in [1.29, 1.82) is 0 Å². The van der Waals surface area contributed by atoms with Crippen LogP contribution in [-0.2, 0) is 25.5 Å². The van der Waals surface area contributed by atoms with Gasteiger partial charge < -0.3 is 10.5 Å². The number of carbonyl (C=O) groups excluding carboxylic acids is 3. The Hall–Kier alpha value is -2.98. The molecule has 1 fully saturated rings. The van der Waals surface area contributed by atoms with Crippen molar-refractivity contribution in [1.82, 2.24) is 9.88 Å². The molecule has 8 nitrogen and oxygen atoms in total. The molecule has 1 aromatic heterocycles. The van der Waals surface area contributed by atoms with E-state index in [-0.39, 0.29) is 18.8 Å². The smallest absolute Gasteiger partial charge is 0.243 e. The fraction of sp³-hybridized carbons (Fsp3) is 0.360. The van der Waals surface area contributed by atoms with E-state index in [1.807, 2.05) is 53.7 Å². The number of rotatable bonds is 9. The minimum Gasteiger partial charge on any atom is -0.379 e. The Balaban J connectivity index is 1.82. The molecule has 1 saturated heterocycles. The molecule has 2 atom stereocenters. The summed E-state index contributed by atoms with van der Waals surface area (Å²) in [5.41, 5.74) is 6.37. The summed E-state index contributed by atoms with van der Waals surface area (Å²) in [4.78, 5) is 47.6. The van der Waals surface area contributed by atoms with Crippen LogP contribution in [0.25, 0.3) is 10.8 Å². The minimum atomic E-state index is -1.96. The maximum atomic E-state index is 13.7. The summed E-state index contributed by atoms with van der Waals surface area (Å²) in [6.07, 6.45) is 1.90. The second-order valence-corrected chi connectivity index (χ2v) is 9.11. The van der Waals surface area contributed by atoms with Crippen molar-refractivity contribution in [3.8, 4) is 0 Å². The molecule has 2 aromatic carbocycles. The third kappa shape index (κ3) is 4.78. The van der Waals surface area contributed by atoms with Crippen LogP contribution >= 0.6 is 11.3 Å². The molecule has 9 heteroatoms. The summed E-state index contributed by atoms with van der Waals surface area (Å²) >= 11 is 1.28. The van der Waals surface area contributed by atoms with Crippen LogP contribution in [-0.4, -0.2) is 72.3 Å². The van der Waals surface area contributed by atoms with Gasteiger partial charge in [-0.05, 0) is 23.3 Å². The van der Waals surface area contributed by atoms with Crippen molar-refractivity contribution in [2.75, 3.05) is 37.7 Å². The van der Waals surface area contributed by atoms with Gasteiger partial charge in [0.1, 0.15) is 5.82 Å². The fourth-order valence-corrected chi connectivity index (χ4v) is 4.90. The molecule has 2 N–H and O–H groups in total. The van der Waals surface area contributed by atoms with E-state index in [0.717, 1.165) is 16.3 Å². The molecule has 1 aliphatic rings. The highest BCUT2D eigenvalue weighted by Gasteiger charge is 2.50. The standard InChI is InChI=1S/C25H27N4O4S/c1-18(26)24(32)25(16-30,13-20-7-4-6-19-5-2-3-8-21(19)20)29(22-15-34-17-27-22)23(31)14-28-9-11-33-12-10-28/h2-8,15,17-18H,9-14,26H2,1H3/t18-,25-/m0/s1. The summed E-state index contributed by atoms with van der Waals surface area (Å²) in [5, 5.41) is 3.51. The van der Waals surface area contributed by atoms with Gasteiger partial charge in [-0.2, -0.15) is 0 Å². The van der Waals surface area contributed by atoms with Crippen molar-refractivity contribution < 1.29 is 19.1 Å².